The molecule has 8 heteroatoms. The smallest absolute Gasteiger partial charge is 0.234 e. The lowest BCUT2D eigenvalue weighted by atomic mass is 10.0. The Morgan fingerprint density at radius 1 is 1.36 bits per heavy atom. The van der Waals surface area contributed by atoms with Crippen LogP contribution in [-0.4, -0.2) is 44.6 Å². The minimum Gasteiger partial charge on any atom is -0.504 e. The molecule has 1 fully saturated rings. The second-order valence-corrected chi connectivity index (χ2v) is 9.29. The summed E-state index contributed by atoms with van der Waals surface area (Å²) >= 11 is 0. The molecule has 1 unspecified atom stereocenters. The van der Waals surface area contributed by atoms with Crippen LogP contribution >= 0.6 is 0 Å². The van der Waals surface area contributed by atoms with Crippen molar-refractivity contribution in [2.24, 2.45) is 0 Å². The van der Waals surface area contributed by atoms with E-state index in [9.17, 15) is 14.3 Å². The lowest BCUT2D eigenvalue weighted by molar-refractivity contribution is -0.125. The maximum atomic E-state index is 13.5. The second-order valence-electron chi connectivity index (χ2n) is 9.29. The summed E-state index contributed by atoms with van der Waals surface area (Å²) in [4.78, 5) is 18.7. The predicted molar refractivity (Wildman–Crippen MR) is 153 cm³/mol. The quantitative estimate of drug-likeness (QED) is 0.369. The highest BCUT2D eigenvalue weighted by Crippen LogP contribution is 2.24. The number of imidazole rings is 1. The molecule has 2 aliphatic rings. The molecule has 2 aromatic rings. The van der Waals surface area contributed by atoms with Gasteiger partial charge in [0.2, 0.25) is 5.91 Å². The first kappa shape index (κ1) is 29.6. The number of ether oxygens (including phenoxy) is 1. The number of aliphatic hydroxyl groups is 1. The average Bonchev–Trinajstić information content (AvgIpc) is 3.34. The van der Waals surface area contributed by atoms with Crippen LogP contribution in [0.4, 0.5) is 4.39 Å². The molecular formula is C31H39FN4O3. The average molecular weight is 535 g/mol. The van der Waals surface area contributed by atoms with Crippen molar-refractivity contribution in [3.8, 4) is 5.75 Å². The molecule has 1 aromatic carbocycles. The predicted octanol–water partition coefficient (Wildman–Crippen LogP) is 5.94. The Hall–Kier alpha value is -3.91. The molecule has 1 aliphatic carbocycles. The molecule has 1 atom stereocenters. The number of aromatic nitrogens is 2. The summed E-state index contributed by atoms with van der Waals surface area (Å²) in [5.41, 5.74) is 2.78. The van der Waals surface area contributed by atoms with E-state index in [4.69, 9.17) is 4.74 Å². The molecule has 39 heavy (non-hydrogen) atoms. The number of allylic oxidation sites excluding steroid dienone is 8. The van der Waals surface area contributed by atoms with E-state index < -0.39 is 0 Å². The molecule has 208 valence electrons. The number of piperazine rings is 1. The number of benzene rings is 1. The van der Waals surface area contributed by atoms with Crippen LogP contribution < -0.4 is 10.1 Å². The molecule has 1 saturated heterocycles. The molecule has 4 rings (SSSR count). The first-order chi connectivity index (χ1) is 18.9. The number of halogens is 1. The summed E-state index contributed by atoms with van der Waals surface area (Å²) in [6, 6.07) is 7.91. The van der Waals surface area contributed by atoms with Crippen LogP contribution in [0.3, 0.4) is 0 Å². The van der Waals surface area contributed by atoms with Crippen molar-refractivity contribution < 1.29 is 19.0 Å². The van der Waals surface area contributed by atoms with E-state index in [1.54, 1.807) is 30.8 Å². The lowest BCUT2D eigenvalue weighted by Crippen LogP contribution is -2.54. The van der Waals surface area contributed by atoms with Gasteiger partial charge in [-0.1, -0.05) is 50.8 Å². The standard InChI is InChI=1S/C29H33FN4O3.C2H6/c1-3-7-23(12-21(2)30)17-34-20-31-15-25(34)18-33-19-29(36)32-16-24(33)13-22-8-6-9-26(14-22)37-28-11-5-4-10-27(28)35;1-2/h3-4,6-10,12,14-15,20,24,35H,1,5,11,13,16-19H2,2H3,(H,32,36);1-2H3/b21-12+,23-7+;. The van der Waals surface area contributed by atoms with Gasteiger partial charge < -0.3 is 19.7 Å². The van der Waals surface area contributed by atoms with Crippen molar-refractivity contribution in [2.75, 3.05) is 13.1 Å². The molecule has 0 bridgehead atoms. The molecule has 2 N–H and O–H groups in total. The van der Waals surface area contributed by atoms with Crippen LogP contribution in [0.1, 0.15) is 44.9 Å². The Morgan fingerprint density at radius 2 is 2.18 bits per heavy atom. The van der Waals surface area contributed by atoms with Crippen LogP contribution in [0.2, 0.25) is 0 Å². The Balaban J connectivity index is 0.00000205. The van der Waals surface area contributed by atoms with Gasteiger partial charge in [-0.05, 0) is 55.2 Å². The summed E-state index contributed by atoms with van der Waals surface area (Å²) in [7, 11) is 0. The van der Waals surface area contributed by atoms with E-state index in [1.807, 2.05) is 48.8 Å². The number of hydrogen-bond donors (Lipinski definition) is 2. The Bertz CT molecular complexity index is 1250. The maximum Gasteiger partial charge on any atom is 0.234 e. The molecule has 1 aliphatic heterocycles. The van der Waals surface area contributed by atoms with Crippen molar-refractivity contribution in [2.45, 2.75) is 59.2 Å². The van der Waals surface area contributed by atoms with Gasteiger partial charge in [0.05, 0.1) is 24.4 Å². The van der Waals surface area contributed by atoms with E-state index in [-0.39, 0.29) is 30.1 Å². The van der Waals surface area contributed by atoms with Crippen molar-refractivity contribution in [3.63, 3.8) is 0 Å². The molecule has 1 aromatic heterocycles. The zero-order chi connectivity index (χ0) is 28.2. The summed E-state index contributed by atoms with van der Waals surface area (Å²) in [6.07, 6.45) is 14.2. The minimum absolute atomic E-state index is 0.0182. The van der Waals surface area contributed by atoms with Crippen molar-refractivity contribution in [1.29, 1.82) is 0 Å². The number of nitrogens with one attached hydrogen (secondary N) is 1. The fourth-order valence-corrected chi connectivity index (χ4v) is 4.58. The number of aliphatic hydroxyl groups excluding tert-OH is 1. The van der Waals surface area contributed by atoms with Gasteiger partial charge in [-0.15, -0.1) is 0 Å². The van der Waals surface area contributed by atoms with Gasteiger partial charge in [0.15, 0.2) is 5.76 Å². The van der Waals surface area contributed by atoms with Crippen LogP contribution in [-0.2, 0) is 24.3 Å². The summed E-state index contributed by atoms with van der Waals surface area (Å²) in [6.45, 7) is 10.9. The highest BCUT2D eigenvalue weighted by Gasteiger charge is 2.27. The topological polar surface area (TPSA) is 79.6 Å². The molecule has 0 spiro atoms. The third-order valence-corrected chi connectivity index (χ3v) is 6.34. The summed E-state index contributed by atoms with van der Waals surface area (Å²) in [5, 5.41) is 13.1. The Kier molecular flexibility index (Phi) is 11.3. The van der Waals surface area contributed by atoms with E-state index in [0.717, 1.165) is 23.3 Å². The van der Waals surface area contributed by atoms with E-state index in [0.29, 0.717) is 44.0 Å². The molecule has 7 nitrogen and oxygen atoms in total. The van der Waals surface area contributed by atoms with Gasteiger partial charge >= 0.3 is 0 Å². The van der Waals surface area contributed by atoms with E-state index in [1.165, 1.54) is 13.0 Å². The first-order valence-electron chi connectivity index (χ1n) is 13.4. The number of nitrogens with zero attached hydrogens (tertiary/aromatic N) is 3. The third-order valence-electron chi connectivity index (χ3n) is 6.34. The van der Waals surface area contributed by atoms with Gasteiger partial charge in [0.25, 0.3) is 0 Å². The zero-order valence-corrected chi connectivity index (χ0v) is 23.1. The Morgan fingerprint density at radius 3 is 2.92 bits per heavy atom. The maximum absolute atomic E-state index is 13.5. The van der Waals surface area contributed by atoms with Gasteiger partial charge in [0, 0.05) is 38.3 Å². The van der Waals surface area contributed by atoms with E-state index in [2.05, 4.69) is 21.8 Å². The second kappa shape index (κ2) is 14.9. The van der Waals surface area contributed by atoms with Crippen molar-refractivity contribution in [3.05, 3.63) is 108 Å². The number of carbonyl (C=O) groups excluding carboxylic acids is 1. The molecule has 0 radical (unpaired) electrons. The van der Waals surface area contributed by atoms with Crippen LogP contribution in [0.5, 0.6) is 5.75 Å². The number of carbonyl (C=O) groups is 1. The molecule has 2 heterocycles. The lowest BCUT2D eigenvalue weighted by Gasteiger charge is -2.35. The Labute approximate surface area is 230 Å². The number of rotatable bonds is 10. The van der Waals surface area contributed by atoms with Gasteiger partial charge in [-0.25, -0.2) is 9.37 Å². The third kappa shape index (κ3) is 8.82. The molecule has 0 saturated carbocycles. The largest absolute Gasteiger partial charge is 0.504 e. The highest BCUT2D eigenvalue weighted by molar-refractivity contribution is 5.78. The monoisotopic (exact) mass is 534 g/mol. The van der Waals surface area contributed by atoms with Gasteiger partial charge in [0.1, 0.15) is 11.5 Å². The zero-order valence-electron chi connectivity index (χ0n) is 23.1. The number of hydrogen-bond acceptors (Lipinski definition) is 5. The minimum atomic E-state index is -0.278. The van der Waals surface area contributed by atoms with Crippen molar-refractivity contribution in [1.82, 2.24) is 19.8 Å². The van der Waals surface area contributed by atoms with Crippen LogP contribution in [0.15, 0.2) is 96.7 Å². The SMILES string of the molecule is C=C/C=C(\C=C(/C)F)Cn1cncc1CN1CC(=O)NCC1Cc1cccc(OC2=C(O)C=CCC2)c1.CC. The molecular weight excluding hydrogens is 495 g/mol. The summed E-state index contributed by atoms with van der Waals surface area (Å²) < 4.78 is 21.5. The van der Waals surface area contributed by atoms with Gasteiger partial charge in [-0.2, -0.15) is 0 Å². The van der Waals surface area contributed by atoms with Crippen LogP contribution in [0.25, 0.3) is 0 Å². The fraction of sp³-hybridized carbons (Fsp3) is 0.355. The number of amides is 1. The van der Waals surface area contributed by atoms with Gasteiger partial charge in [-0.3, -0.25) is 9.69 Å². The summed E-state index contributed by atoms with van der Waals surface area (Å²) in [5.74, 6) is 1.12. The normalized spacial score (nSPS) is 18.4. The highest BCUT2D eigenvalue weighted by atomic mass is 19.1. The van der Waals surface area contributed by atoms with Crippen molar-refractivity contribution >= 4 is 5.91 Å². The van der Waals surface area contributed by atoms with Crippen LogP contribution in [0, 0.1) is 0 Å². The fourth-order valence-electron chi connectivity index (χ4n) is 4.58. The first-order valence-corrected chi connectivity index (χ1v) is 13.4. The molecule has 1 amide bonds. The van der Waals surface area contributed by atoms with E-state index >= 15 is 0 Å².